The number of nitro benzene ring substituents is 1. The molecule has 0 unspecified atom stereocenters. The van der Waals surface area contributed by atoms with Crippen molar-refractivity contribution in [1.82, 2.24) is 0 Å². The maximum Gasteiger partial charge on any atom is 0.288 e. The highest BCUT2D eigenvalue weighted by atomic mass is 79.9. The van der Waals surface area contributed by atoms with Crippen LogP contribution in [-0.4, -0.2) is 17.3 Å². The van der Waals surface area contributed by atoms with Crippen molar-refractivity contribution >= 4 is 50.3 Å². The lowest BCUT2D eigenvalue weighted by atomic mass is 10.3. The van der Waals surface area contributed by atoms with Crippen LogP contribution < -0.4 is 4.74 Å². The lowest BCUT2D eigenvalue weighted by molar-refractivity contribution is -0.384. The quantitative estimate of drug-likeness (QED) is 0.442. The van der Waals surface area contributed by atoms with Crippen molar-refractivity contribution in [3.8, 4) is 5.75 Å². The summed E-state index contributed by atoms with van der Waals surface area (Å²) in [4.78, 5) is 22.4. The number of nitro groups is 1. The van der Waals surface area contributed by atoms with Crippen LogP contribution in [0.15, 0.2) is 34.1 Å². The van der Waals surface area contributed by atoms with Gasteiger partial charge in [0.25, 0.3) is 5.69 Å². The van der Waals surface area contributed by atoms with Gasteiger partial charge in [-0.2, -0.15) is 0 Å². The zero-order valence-electron chi connectivity index (χ0n) is 9.84. The number of hydrogen-bond acceptors (Lipinski definition) is 5. The average molecular weight is 377 g/mol. The van der Waals surface area contributed by atoms with E-state index in [4.69, 9.17) is 16.3 Å². The van der Waals surface area contributed by atoms with Crippen molar-refractivity contribution in [1.29, 1.82) is 0 Å². The van der Waals surface area contributed by atoms with Crippen LogP contribution >= 0.6 is 38.9 Å². The minimum atomic E-state index is -0.583. The molecule has 8 heteroatoms. The van der Waals surface area contributed by atoms with Gasteiger partial charge in [0.15, 0.2) is 6.61 Å². The summed E-state index contributed by atoms with van der Waals surface area (Å²) in [5.74, 6) is 0.139. The first-order valence-electron chi connectivity index (χ1n) is 5.32. The van der Waals surface area contributed by atoms with Gasteiger partial charge in [0.2, 0.25) is 5.78 Å². The molecule has 0 bridgehead atoms. The van der Waals surface area contributed by atoms with E-state index in [0.717, 1.165) is 3.79 Å². The molecule has 2 rings (SSSR count). The molecule has 0 fully saturated rings. The Bertz CT molecular complexity index is 673. The third kappa shape index (κ3) is 3.56. The van der Waals surface area contributed by atoms with E-state index in [9.17, 15) is 14.9 Å². The molecule has 1 aromatic heterocycles. The highest BCUT2D eigenvalue weighted by molar-refractivity contribution is 9.11. The standard InChI is InChI=1S/C12H7BrClNO4S/c13-12-4-3-11(20-12)10(16)6-19-7-1-2-9(15(17)18)8(14)5-7/h1-5H,6H2. The number of Topliss-reactive ketones (excluding diaryl/α,β-unsaturated/α-hetero) is 1. The Balaban J connectivity index is 2.02. The monoisotopic (exact) mass is 375 g/mol. The van der Waals surface area contributed by atoms with E-state index in [1.54, 1.807) is 12.1 Å². The number of carbonyl (C=O) groups excluding carboxylic acids is 1. The third-order valence-corrected chi connectivity index (χ3v) is 4.30. The van der Waals surface area contributed by atoms with Crippen LogP contribution in [0, 0.1) is 10.1 Å². The molecule has 0 atom stereocenters. The highest BCUT2D eigenvalue weighted by Gasteiger charge is 2.14. The van der Waals surface area contributed by atoms with Crippen molar-refractivity contribution in [2.75, 3.05) is 6.61 Å². The molecule has 0 aliphatic carbocycles. The van der Waals surface area contributed by atoms with Gasteiger partial charge in [-0.15, -0.1) is 11.3 Å². The van der Waals surface area contributed by atoms with Crippen molar-refractivity contribution < 1.29 is 14.5 Å². The Morgan fingerprint density at radius 1 is 1.40 bits per heavy atom. The molecule has 104 valence electrons. The van der Waals surface area contributed by atoms with Crippen molar-refractivity contribution in [2.45, 2.75) is 0 Å². The van der Waals surface area contributed by atoms with E-state index in [0.29, 0.717) is 10.6 Å². The molecule has 0 saturated heterocycles. The van der Waals surface area contributed by atoms with Crippen molar-refractivity contribution in [3.05, 3.63) is 54.1 Å². The number of ketones is 1. The second-order valence-electron chi connectivity index (χ2n) is 3.69. The van der Waals surface area contributed by atoms with Gasteiger partial charge >= 0.3 is 0 Å². The Morgan fingerprint density at radius 3 is 2.70 bits per heavy atom. The Kier molecular flexibility index (Phi) is 4.74. The van der Waals surface area contributed by atoms with Gasteiger partial charge in [-0.1, -0.05) is 11.6 Å². The molecule has 0 radical (unpaired) electrons. The summed E-state index contributed by atoms with van der Waals surface area (Å²) in [6.07, 6.45) is 0. The van der Waals surface area contributed by atoms with Crippen LogP contribution in [0.1, 0.15) is 9.67 Å². The fourth-order valence-corrected chi connectivity index (χ4v) is 2.96. The van der Waals surface area contributed by atoms with Crippen LogP contribution in [0.2, 0.25) is 5.02 Å². The van der Waals surface area contributed by atoms with Gasteiger partial charge in [-0.05, 0) is 34.1 Å². The Hall–Kier alpha value is -1.44. The van der Waals surface area contributed by atoms with Crippen molar-refractivity contribution in [2.24, 2.45) is 0 Å². The van der Waals surface area contributed by atoms with Crippen LogP contribution in [-0.2, 0) is 0 Å². The van der Waals surface area contributed by atoms with Crippen LogP contribution in [0.5, 0.6) is 5.75 Å². The van der Waals surface area contributed by atoms with E-state index in [1.165, 1.54) is 29.5 Å². The Labute approximate surface area is 131 Å². The summed E-state index contributed by atoms with van der Waals surface area (Å²) in [5.41, 5.74) is -0.201. The number of ether oxygens (including phenoxy) is 1. The predicted octanol–water partition coefficient (Wildman–Crippen LogP) is 4.33. The SMILES string of the molecule is O=C(COc1ccc([N+](=O)[O-])c(Cl)c1)c1ccc(Br)s1. The van der Waals surface area contributed by atoms with Gasteiger partial charge in [-0.25, -0.2) is 0 Å². The topological polar surface area (TPSA) is 69.4 Å². The first-order valence-corrected chi connectivity index (χ1v) is 7.31. The summed E-state index contributed by atoms with van der Waals surface area (Å²) in [7, 11) is 0. The summed E-state index contributed by atoms with van der Waals surface area (Å²) in [6, 6.07) is 7.44. The molecule has 0 saturated carbocycles. The molecule has 1 heterocycles. The molecule has 5 nitrogen and oxygen atoms in total. The molecule has 0 aliphatic heterocycles. The zero-order chi connectivity index (χ0) is 14.7. The van der Waals surface area contributed by atoms with E-state index in [1.807, 2.05) is 0 Å². The predicted molar refractivity (Wildman–Crippen MR) is 80.0 cm³/mol. The highest BCUT2D eigenvalue weighted by Crippen LogP contribution is 2.28. The fourth-order valence-electron chi connectivity index (χ4n) is 1.41. The number of benzene rings is 1. The summed E-state index contributed by atoms with van der Waals surface area (Å²) in [6.45, 7) is -0.152. The van der Waals surface area contributed by atoms with E-state index in [-0.39, 0.29) is 23.1 Å². The number of nitrogens with zero attached hydrogens (tertiary/aromatic N) is 1. The molecule has 0 aliphatic rings. The summed E-state index contributed by atoms with van der Waals surface area (Å²) >= 11 is 10.3. The number of rotatable bonds is 5. The van der Waals surface area contributed by atoms with Gasteiger partial charge in [0.05, 0.1) is 13.6 Å². The van der Waals surface area contributed by atoms with Gasteiger partial charge < -0.3 is 4.74 Å². The van der Waals surface area contributed by atoms with Crippen LogP contribution in [0.3, 0.4) is 0 Å². The fraction of sp³-hybridized carbons (Fsp3) is 0.0833. The molecule has 20 heavy (non-hydrogen) atoms. The molecule has 0 amide bonds. The second-order valence-corrected chi connectivity index (χ2v) is 6.56. The van der Waals surface area contributed by atoms with Crippen molar-refractivity contribution in [3.63, 3.8) is 0 Å². The third-order valence-electron chi connectivity index (χ3n) is 2.33. The maximum atomic E-state index is 11.8. The van der Waals surface area contributed by atoms with Crippen LogP contribution in [0.25, 0.3) is 0 Å². The number of carbonyl (C=O) groups is 1. The summed E-state index contributed by atoms with van der Waals surface area (Å²) < 4.78 is 6.14. The van der Waals surface area contributed by atoms with E-state index >= 15 is 0 Å². The molecule has 2 aromatic rings. The lowest BCUT2D eigenvalue weighted by Gasteiger charge is -2.05. The first kappa shape index (κ1) is 15.0. The normalized spacial score (nSPS) is 10.3. The summed E-state index contributed by atoms with van der Waals surface area (Å²) in [5, 5.41) is 10.6. The molecule has 0 spiro atoms. The molecular formula is C12H7BrClNO4S. The molecule has 0 N–H and O–H groups in total. The number of halogens is 2. The number of thiophene rings is 1. The largest absolute Gasteiger partial charge is 0.485 e. The number of hydrogen-bond donors (Lipinski definition) is 0. The lowest BCUT2D eigenvalue weighted by Crippen LogP contribution is -2.10. The van der Waals surface area contributed by atoms with Crippen LogP contribution in [0.4, 0.5) is 5.69 Å². The maximum absolute atomic E-state index is 11.8. The minimum Gasteiger partial charge on any atom is -0.485 e. The zero-order valence-corrected chi connectivity index (χ0v) is 13.0. The minimum absolute atomic E-state index is 0.0289. The second kappa shape index (κ2) is 6.34. The molecular weight excluding hydrogens is 370 g/mol. The first-order chi connectivity index (χ1) is 9.47. The average Bonchev–Trinajstić information content (AvgIpc) is 2.82. The Morgan fingerprint density at radius 2 is 2.15 bits per heavy atom. The van der Waals surface area contributed by atoms with Gasteiger partial charge in [-0.3, -0.25) is 14.9 Å². The smallest absolute Gasteiger partial charge is 0.288 e. The van der Waals surface area contributed by atoms with Gasteiger partial charge in [0, 0.05) is 12.1 Å². The van der Waals surface area contributed by atoms with E-state index in [2.05, 4.69) is 15.9 Å². The molecule has 1 aromatic carbocycles. The van der Waals surface area contributed by atoms with E-state index < -0.39 is 4.92 Å². The van der Waals surface area contributed by atoms with Gasteiger partial charge in [0.1, 0.15) is 10.8 Å².